The van der Waals surface area contributed by atoms with Gasteiger partial charge in [-0.15, -0.1) is 6.58 Å². The van der Waals surface area contributed by atoms with Gasteiger partial charge < -0.3 is 9.47 Å². The summed E-state index contributed by atoms with van der Waals surface area (Å²) >= 11 is 0. The first-order valence-corrected chi connectivity index (χ1v) is 10.3. The third kappa shape index (κ3) is 4.48. The van der Waals surface area contributed by atoms with Gasteiger partial charge in [-0.3, -0.25) is 19.8 Å². The van der Waals surface area contributed by atoms with Crippen molar-refractivity contribution in [2.45, 2.75) is 6.61 Å². The summed E-state index contributed by atoms with van der Waals surface area (Å²) < 4.78 is 11.5. The Morgan fingerprint density at radius 2 is 1.79 bits per heavy atom. The van der Waals surface area contributed by atoms with E-state index in [9.17, 15) is 14.4 Å². The van der Waals surface area contributed by atoms with Crippen LogP contribution in [0, 0.1) is 0 Å². The van der Waals surface area contributed by atoms with E-state index in [0.717, 1.165) is 21.2 Å². The average Bonchev–Trinajstić information content (AvgIpc) is 2.83. The molecule has 0 bridgehead atoms. The van der Waals surface area contributed by atoms with Crippen molar-refractivity contribution in [2.75, 3.05) is 13.7 Å². The van der Waals surface area contributed by atoms with Crippen molar-refractivity contribution in [3.05, 3.63) is 90.0 Å². The molecular weight excluding hydrogens is 420 g/mol. The highest BCUT2D eigenvalue weighted by atomic mass is 16.5. The van der Waals surface area contributed by atoms with E-state index in [-0.39, 0.29) is 12.1 Å². The van der Waals surface area contributed by atoms with Crippen LogP contribution < -0.4 is 14.8 Å². The normalized spacial score (nSPS) is 15.0. The lowest BCUT2D eigenvalue weighted by molar-refractivity contribution is -0.129. The van der Waals surface area contributed by atoms with Crippen molar-refractivity contribution < 1.29 is 23.9 Å². The Kier molecular flexibility index (Phi) is 6.22. The molecule has 0 unspecified atom stereocenters. The van der Waals surface area contributed by atoms with Crippen molar-refractivity contribution in [3.8, 4) is 11.5 Å². The second kappa shape index (κ2) is 9.40. The molecule has 3 aromatic rings. The summed E-state index contributed by atoms with van der Waals surface area (Å²) in [7, 11) is 1.51. The maximum atomic E-state index is 12.6. The lowest BCUT2D eigenvalue weighted by atomic mass is 10.1. The van der Waals surface area contributed by atoms with Crippen molar-refractivity contribution in [3.63, 3.8) is 0 Å². The van der Waals surface area contributed by atoms with Gasteiger partial charge in [0.05, 0.1) is 7.11 Å². The number of urea groups is 1. The van der Waals surface area contributed by atoms with Crippen molar-refractivity contribution in [2.24, 2.45) is 0 Å². The van der Waals surface area contributed by atoms with Crippen LogP contribution in [-0.2, 0) is 16.2 Å². The number of carbonyl (C=O) groups excluding carboxylic acids is 3. The van der Waals surface area contributed by atoms with Gasteiger partial charge in [-0.25, -0.2) is 4.79 Å². The van der Waals surface area contributed by atoms with E-state index in [2.05, 4.69) is 11.9 Å². The summed E-state index contributed by atoms with van der Waals surface area (Å²) in [5, 5.41) is 4.41. The molecule has 0 aromatic heterocycles. The standard InChI is InChI=1S/C26H22N2O5/c1-3-13-28-25(30)21(24(29)27-26(28)31)14-17-11-12-22(23(15-17)32-2)33-16-19-9-6-8-18-7-4-5-10-20(18)19/h3-12,14-15H,1,13,16H2,2H3,(H,27,29,31)/b21-14-. The topological polar surface area (TPSA) is 84.9 Å². The fourth-order valence-corrected chi connectivity index (χ4v) is 3.62. The number of benzene rings is 3. The number of hydrogen-bond acceptors (Lipinski definition) is 5. The molecule has 1 aliphatic heterocycles. The second-order valence-corrected chi connectivity index (χ2v) is 7.36. The second-order valence-electron chi connectivity index (χ2n) is 7.36. The van der Waals surface area contributed by atoms with Crippen LogP contribution in [-0.4, -0.2) is 36.4 Å². The van der Waals surface area contributed by atoms with Crippen LogP contribution in [0.2, 0.25) is 0 Å². The predicted octanol–water partition coefficient (Wildman–Crippen LogP) is 4.08. The number of ether oxygens (including phenoxy) is 2. The first-order valence-electron chi connectivity index (χ1n) is 10.3. The van der Waals surface area contributed by atoms with Crippen LogP contribution in [0.1, 0.15) is 11.1 Å². The van der Waals surface area contributed by atoms with E-state index in [0.29, 0.717) is 23.7 Å². The Morgan fingerprint density at radius 1 is 1.00 bits per heavy atom. The Hall–Kier alpha value is -4.39. The summed E-state index contributed by atoms with van der Waals surface area (Å²) in [6.45, 7) is 3.88. The maximum absolute atomic E-state index is 12.6. The molecule has 33 heavy (non-hydrogen) atoms. The van der Waals surface area contributed by atoms with Gasteiger partial charge in [0.25, 0.3) is 11.8 Å². The summed E-state index contributed by atoms with van der Waals surface area (Å²) in [5.74, 6) is -0.456. The molecule has 1 aliphatic rings. The minimum Gasteiger partial charge on any atom is -0.493 e. The van der Waals surface area contributed by atoms with Crippen LogP contribution in [0.5, 0.6) is 11.5 Å². The van der Waals surface area contributed by atoms with Crippen molar-refractivity contribution >= 4 is 34.7 Å². The van der Waals surface area contributed by atoms with Crippen molar-refractivity contribution in [1.82, 2.24) is 10.2 Å². The molecule has 166 valence electrons. The van der Waals surface area contributed by atoms with Crippen molar-refractivity contribution in [1.29, 1.82) is 0 Å². The number of barbiturate groups is 1. The number of methoxy groups -OCH3 is 1. The van der Waals surface area contributed by atoms with Gasteiger partial charge in [0.15, 0.2) is 11.5 Å². The molecule has 0 saturated carbocycles. The number of hydrogen-bond donors (Lipinski definition) is 1. The molecule has 0 radical (unpaired) electrons. The number of amides is 4. The Balaban J connectivity index is 1.58. The minimum atomic E-state index is -0.767. The van der Waals surface area contributed by atoms with Gasteiger partial charge in [0, 0.05) is 6.54 Å². The number of rotatable bonds is 7. The molecule has 1 N–H and O–H groups in total. The molecule has 1 fully saturated rings. The molecule has 1 heterocycles. The van der Waals surface area contributed by atoms with Crippen LogP contribution >= 0.6 is 0 Å². The molecule has 4 rings (SSSR count). The quantitative estimate of drug-likeness (QED) is 0.339. The molecule has 0 atom stereocenters. The minimum absolute atomic E-state index is 0.000443. The molecule has 0 spiro atoms. The lowest BCUT2D eigenvalue weighted by Gasteiger charge is -2.25. The van der Waals surface area contributed by atoms with E-state index in [1.54, 1.807) is 18.2 Å². The van der Waals surface area contributed by atoms with Gasteiger partial charge >= 0.3 is 6.03 Å². The zero-order chi connectivity index (χ0) is 23.4. The zero-order valence-corrected chi connectivity index (χ0v) is 18.0. The summed E-state index contributed by atoms with van der Waals surface area (Å²) in [6, 6.07) is 18.5. The molecule has 1 saturated heterocycles. The van der Waals surface area contributed by atoms with Crippen LogP contribution in [0.3, 0.4) is 0 Å². The number of fused-ring (bicyclic) bond motifs is 1. The molecule has 0 aliphatic carbocycles. The Morgan fingerprint density at radius 3 is 2.58 bits per heavy atom. The van der Waals surface area contributed by atoms with Crippen LogP contribution in [0.25, 0.3) is 16.8 Å². The third-order valence-electron chi connectivity index (χ3n) is 5.26. The molecule has 4 amide bonds. The summed E-state index contributed by atoms with van der Waals surface area (Å²) in [4.78, 5) is 37.6. The van der Waals surface area contributed by atoms with E-state index in [4.69, 9.17) is 9.47 Å². The monoisotopic (exact) mass is 442 g/mol. The van der Waals surface area contributed by atoms with E-state index < -0.39 is 17.8 Å². The molecule has 7 nitrogen and oxygen atoms in total. The Labute approximate surface area is 190 Å². The van der Waals surface area contributed by atoms with E-state index >= 15 is 0 Å². The highest BCUT2D eigenvalue weighted by molar-refractivity contribution is 6.31. The molecule has 7 heteroatoms. The first kappa shape index (κ1) is 21.8. The fourth-order valence-electron chi connectivity index (χ4n) is 3.62. The van der Waals surface area contributed by atoms with Gasteiger partial charge in [0.1, 0.15) is 12.2 Å². The van der Waals surface area contributed by atoms with Gasteiger partial charge in [-0.1, -0.05) is 54.6 Å². The first-order chi connectivity index (χ1) is 16.0. The number of nitrogens with zero attached hydrogens (tertiary/aromatic N) is 1. The summed E-state index contributed by atoms with van der Waals surface area (Å²) in [5.41, 5.74) is 1.44. The summed E-state index contributed by atoms with van der Waals surface area (Å²) in [6.07, 6.45) is 2.83. The third-order valence-corrected chi connectivity index (χ3v) is 5.26. The number of nitrogens with one attached hydrogen (secondary N) is 1. The smallest absolute Gasteiger partial charge is 0.331 e. The zero-order valence-electron chi connectivity index (χ0n) is 18.0. The predicted molar refractivity (Wildman–Crippen MR) is 125 cm³/mol. The maximum Gasteiger partial charge on any atom is 0.331 e. The lowest BCUT2D eigenvalue weighted by Crippen LogP contribution is -2.54. The molecule has 3 aromatic carbocycles. The van der Waals surface area contributed by atoms with Gasteiger partial charge in [0.2, 0.25) is 0 Å². The highest BCUT2D eigenvalue weighted by Gasteiger charge is 2.34. The number of carbonyl (C=O) groups is 3. The Bertz CT molecular complexity index is 1290. The largest absolute Gasteiger partial charge is 0.493 e. The van der Waals surface area contributed by atoms with E-state index in [1.165, 1.54) is 19.3 Å². The average molecular weight is 442 g/mol. The number of imide groups is 2. The van der Waals surface area contributed by atoms with Crippen LogP contribution in [0.15, 0.2) is 78.9 Å². The van der Waals surface area contributed by atoms with Crippen LogP contribution in [0.4, 0.5) is 4.79 Å². The molecular formula is C26H22N2O5. The highest BCUT2D eigenvalue weighted by Crippen LogP contribution is 2.31. The SMILES string of the molecule is C=CCN1C(=O)NC(=O)/C(=C/c2ccc(OCc3cccc4ccccc34)c(OC)c2)C1=O. The van der Waals surface area contributed by atoms with Gasteiger partial charge in [-0.2, -0.15) is 0 Å². The van der Waals surface area contributed by atoms with E-state index in [1.807, 2.05) is 42.5 Å². The fraction of sp³-hybridized carbons (Fsp3) is 0.115. The van der Waals surface area contributed by atoms with Gasteiger partial charge in [-0.05, 0) is 40.1 Å².